The number of nitrogens with zero attached hydrogens (tertiary/aromatic N) is 1. The predicted octanol–water partition coefficient (Wildman–Crippen LogP) is 1.25. The van der Waals surface area contributed by atoms with Crippen LogP contribution in [0.1, 0.15) is 35.1 Å². The highest BCUT2D eigenvalue weighted by molar-refractivity contribution is 5.95. The first kappa shape index (κ1) is 15.7. The Balaban J connectivity index is 2.55. The average Bonchev–Trinajstić information content (AvgIpc) is 2.64. The Bertz CT molecular complexity index is 427. The second-order valence-corrected chi connectivity index (χ2v) is 4.68. The molecule has 2 N–H and O–H groups in total. The molecular weight excluding hydrogens is 244 g/mol. The number of methoxy groups -OCH3 is 1. The summed E-state index contributed by atoms with van der Waals surface area (Å²) in [5, 5.41) is 12.3. The van der Waals surface area contributed by atoms with E-state index in [4.69, 9.17) is 4.74 Å². The minimum Gasteiger partial charge on any atom is -0.391 e. The standard InChI is InChI=1S/C14H24N2O3/c1-5-16-10(2)8-13(11(16)3)14(18)15-7-6-12(17)9-19-4/h8,12,17H,5-7,9H2,1-4H3,(H,15,18). The van der Waals surface area contributed by atoms with Gasteiger partial charge in [-0.05, 0) is 33.3 Å². The topological polar surface area (TPSA) is 63.5 Å². The lowest BCUT2D eigenvalue weighted by Gasteiger charge is -2.10. The minimum absolute atomic E-state index is 0.0857. The quantitative estimate of drug-likeness (QED) is 0.782. The van der Waals surface area contributed by atoms with Gasteiger partial charge in [0.2, 0.25) is 0 Å². The van der Waals surface area contributed by atoms with Crippen molar-refractivity contribution in [1.29, 1.82) is 0 Å². The summed E-state index contributed by atoms with van der Waals surface area (Å²) in [6, 6.07) is 1.90. The van der Waals surface area contributed by atoms with E-state index in [0.29, 0.717) is 25.1 Å². The fraction of sp³-hybridized carbons (Fsp3) is 0.643. The molecule has 1 atom stereocenters. The van der Waals surface area contributed by atoms with Crippen LogP contribution in [0.5, 0.6) is 0 Å². The van der Waals surface area contributed by atoms with Gasteiger partial charge in [-0.25, -0.2) is 0 Å². The summed E-state index contributed by atoms with van der Waals surface area (Å²) in [6.07, 6.45) is -0.0418. The first-order valence-electron chi connectivity index (χ1n) is 6.63. The van der Waals surface area contributed by atoms with Gasteiger partial charge in [-0.2, -0.15) is 0 Å². The lowest BCUT2D eigenvalue weighted by atomic mass is 10.2. The molecule has 0 bridgehead atoms. The summed E-state index contributed by atoms with van der Waals surface area (Å²) < 4.78 is 6.94. The molecule has 1 amide bonds. The van der Waals surface area contributed by atoms with Crippen LogP contribution in [0, 0.1) is 13.8 Å². The summed E-state index contributed by atoms with van der Waals surface area (Å²) in [5.74, 6) is -0.0857. The van der Waals surface area contributed by atoms with Gasteiger partial charge in [-0.3, -0.25) is 4.79 Å². The molecule has 1 rings (SSSR count). The zero-order valence-electron chi connectivity index (χ0n) is 12.2. The van der Waals surface area contributed by atoms with E-state index in [1.165, 1.54) is 0 Å². The van der Waals surface area contributed by atoms with Gasteiger partial charge in [-0.1, -0.05) is 0 Å². The van der Waals surface area contributed by atoms with Crippen molar-refractivity contribution in [1.82, 2.24) is 9.88 Å². The van der Waals surface area contributed by atoms with Crippen molar-refractivity contribution in [3.05, 3.63) is 23.0 Å². The average molecular weight is 268 g/mol. The Labute approximate surface area is 114 Å². The van der Waals surface area contributed by atoms with Crippen LogP contribution in [0.15, 0.2) is 6.07 Å². The lowest BCUT2D eigenvalue weighted by Crippen LogP contribution is -2.28. The Kier molecular flexibility index (Phi) is 6.05. The van der Waals surface area contributed by atoms with Crippen LogP contribution in [-0.4, -0.2) is 41.9 Å². The van der Waals surface area contributed by atoms with E-state index < -0.39 is 6.10 Å². The van der Waals surface area contributed by atoms with Gasteiger partial charge in [-0.15, -0.1) is 0 Å². The van der Waals surface area contributed by atoms with Crippen molar-refractivity contribution in [2.45, 2.75) is 39.8 Å². The zero-order chi connectivity index (χ0) is 14.4. The lowest BCUT2D eigenvalue weighted by molar-refractivity contribution is 0.0587. The van der Waals surface area contributed by atoms with E-state index in [9.17, 15) is 9.90 Å². The fourth-order valence-corrected chi connectivity index (χ4v) is 2.24. The van der Waals surface area contributed by atoms with E-state index >= 15 is 0 Å². The molecule has 0 aliphatic heterocycles. The normalized spacial score (nSPS) is 12.5. The molecule has 19 heavy (non-hydrogen) atoms. The molecule has 108 valence electrons. The molecule has 0 aromatic carbocycles. The van der Waals surface area contributed by atoms with Crippen LogP contribution in [0.25, 0.3) is 0 Å². The summed E-state index contributed by atoms with van der Waals surface area (Å²) in [4.78, 5) is 12.0. The Morgan fingerprint density at radius 3 is 2.74 bits per heavy atom. The predicted molar refractivity (Wildman–Crippen MR) is 74.4 cm³/mol. The van der Waals surface area contributed by atoms with Crippen molar-refractivity contribution >= 4 is 5.91 Å². The number of aliphatic hydroxyl groups is 1. The fourth-order valence-electron chi connectivity index (χ4n) is 2.24. The van der Waals surface area contributed by atoms with Gasteiger partial charge in [0.15, 0.2) is 0 Å². The molecule has 1 heterocycles. The largest absolute Gasteiger partial charge is 0.391 e. The second kappa shape index (κ2) is 7.31. The molecule has 0 aliphatic rings. The van der Waals surface area contributed by atoms with Crippen LogP contribution in [0.2, 0.25) is 0 Å². The van der Waals surface area contributed by atoms with Crippen LogP contribution in [0.4, 0.5) is 0 Å². The molecule has 5 heteroatoms. The smallest absolute Gasteiger partial charge is 0.253 e. The highest BCUT2D eigenvalue weighted by Gasteiger charge is 2.14. The number of aryl methyl sites for hydroxylation is 1. The number of rotatable bonds is 7. The van der Waals surface area contributed by atoms with Crippen LogP contribution >= 0.6 is 0 Å². The number of carbonyl (C=O) groups is 1. The molecule has 0 spiro atoms. The van der Waals surface area contributed by atoms with Gasteiger partial charge in [0.25, 0.3) is 5.91 Å². The molecule has 1 unspecified atom stereocenters. The molecule has 1 aromatic rings. The second-order valence-electron chi connectivity index (χ2n) is 4.68. The number of amides is 1. The molecule has 0 radical (unpaired) electrons. The van der Waals surface area contributed by atoms with E-state index in [1.54, 1.807) is 7.11 Å². The van der Waals surface area contributed by atoms with Crippen molar-refractivity contribution in [2.24, 2.45) is 0 Å². The molecule has 0 saturated carbocycles. The number of aliphatic hydroxyl groups excluding tert-OH is 1. The molecule has 5 nitrogen and oxygen atoms in total. The zero-order valence-corrected chi connectivity index (χ0v) is 12.2. The van der Waals surface area contributed by atoms with Gasteiger partial charge >= 0.3 is 0 Å². The Hall–Kier alpha value is -1.33. The van der Waals surface area contributed by atoms with Gasteiger partial charge in [0.1, 0.15) is 0 Å². The van der Waals surface area contributed by atoms with Crippen LogP contribution in [0.3, 0.4) is 0 Å². The number of ether oxygens (including phenoxy) is 1. The van der Waals surface area contributed by atoms with Crippen molar-refractivity contribution in [2.75, 3.05) is 20.3 Å². The molecular formula is C14H24N2O3. The number of carbonyl (C=O) groups excluding carboxylic acids is 1. The number of aromatic nitrogens is 1. The summed E-state index contributed by atoms with van der Waals surface area (Å²) in [5.41, 5.74) is 2.78. The number of nitrogens with one attached hydrogen (secondary N) is 1. The molecule has 0 aliphatic carbocycles. The number of hydrogen-bond donors (Lipinski definition) is 2. The SMILES string of the molecule is CCn1c(C)cc(C(=O)NCCC(O)COC)c1C. The maximum absolute atomic E-state index is 12.0. The van der Waals surface area contributed by atoms with Gasteiger partial charge < -0.3 is 19.7 Å². The highest BCUT2D eigenvalue weighted by atomic mass is 16.5. The van der Waals surface area contributed by atoms with E-state index in [0.717, 1.165) is 17.9 Å². The van der Waals surface area contributed by atoms with Crippen molar-refractivity contribution < 1.29 is 14.6 Å². The third kappa shape index (κ3) is 4.08. The summed E-state index contributed by atoms with van der Waals surface area (Å²) >= 11 is 0. The molecule has 0 fully saturated rings. The Morgan fingerprint density at radius 2 is 2.21 bits per heavy atom. The van der Waals surface area contributed by atoms with Crippen molar-refractivity contribution in [3.8, 4) is 0 Å². The first-order valence-corrected chi connectivity index (χ1v) is 6.63. The maximum Gasteiger partial charge on any atom is 0.253 e. The van der Waals surface area contributed by atoms with E-state index in [-0.39, 0.29) is 5.91 Å². The molecule has 0 saturated heterocycles. The maximum atomic E-state index is 12.0. The molecule has 1 aromatic heterocycles. The van der Waals surface area contributed by atoms with Crippen LogP contribution < -0.4 is 5.32 Å². The van der Waals surface area contributed by atoms with Gasteiger partial charge in [0, 0.05) is 31.6 Å². The Morgan fingerprint density at radius 1 is 1.53 bits per heavy atom. The van der Waals surface area contributed by atoms with Gasteiger partial charge in [0.05, 0.1) is 18.3 Å². The first-order chi connectivity index (χ1) is 9.01. The van der Waals surface area contributed by atoms with Crippen LogP contribution in [-0.2, 0) is 11.3 Å². The number of hydrogen-bond acceptors (Lipinski definition) is 3. The highest BCUT2D eigenvalue weighted by Crippen LogP contribution is 2.14. The van der Waals surface area contributed by atoms with E-state index in [1.807, 2.05) is 19.9 Å². The summed E-state index contributed by atoms with van der Waals surface area (Å²) in [6.45, 7) is 7.60. The van der Waals surface area contributed by atoms with E-state index in [2.05, 4.69) is 16.8 Å². The third-order valence-electron chi connectivity index (χ3n) is 3.26. The minimum atomic E-state index is -0.534. The third-order valence-corrected chi connectivity index (χ3v) is 3.26. The summed E-state index contributed by atoms with van der Waals surface area (Å²) in [7, 11) is 1.54. The monoisotopic (exact) mass is 268 g/mol. The van der Waals surface area contributed by atoms with Crippen molar-refractivity contribution in [3.63, 3.8) is 0 Å².